The van der Waals surface area contributed by atoms with Gasteiger partial charge in [0.25, 0.3) is 11.5 Å². The van der Waals surface area contributed by atoms with Gasteiger partial charge in [-0.1, -0.05) is 17.8 Å². The van der Waals surface area contributed by atoms with Crippen LogP contribution in [0.4, 0.5) is 30.4 Å². The third-order valence-electron chi connectivity index (χ3n) is 3.72. The van der Waals surface area contributed by atoms with E-state index in [9.17, 15) is 27.6 Å². The van der Waals surface area contributed by atoms with E-state index in [1.807, 2.05) is 0 Å². The van der Waals surface area contributed by atoms with E-state index in [0.29, 0.717) is 0 Å². The predicted molar refractivity (Wildman–Crippen MR) is 107 cm³/mol. The van der Waals surface area contributed by atoms with E-state index in [-0.39, 0.29) is 33.9 Å². The predicted octanol–water partition coefficient (Wildman–Crippen LogP) is 2.95. The average Bonchev–Trinajstić information content (AvgIpc) is 3.23. The van der Waals surface area contributed by atoms with Crippen molar-refractivity contribution in [1.82, 2.24) is 9.97 Å². The van der Waals surface area contributed by atoms with Crippen molar-refractivity contribution >= 4 is 40.8 Å². The fraction of sp³-hybridized carbons (Fsp3) is 0.111. The van der Waals surface area contributed by atoms with Crippen LogP contribution in [0.3, 0.4) is 0 Å². The summed E-state index contributed by atoms with van der Waals surface area (Å²) in [5.41, 5.74) is 3.74. The smallest absolute Gasteiger partial charge is 0.416 e. The summed E-state index contributed by atoms with van der Waals surface area (Å²) in [5.74, 6) is -1.92. The van der Waals surface area contributed by atoms with Crippen LogP contribution in [0.2, 0.25) is 0 Å². The Kier molecular flexibility index (Phi) is 6.34. The second-order valence-corrected chi connectivity index (χ2v) is 6.94. The van der Waals surface area contributed by atoms with Crippen molar-refractivity contribution < 1.29 is 27.2 Å². The number of benzene rings is 1. The summed E-state index contributed by atoms with van der Waals surface area (Å²) in [6, 6.07) is 7.05. The Bertz CT molecular complexity index is 1160. The number of amides is 2. The fourth-order valence-electron chi connectivity index (χ4n) is 2.35. The molecule has 3 aromatic rings. The van der Waals surface area contributed by atoms with Crippen LogP contribution in [0.25, 0.3) is 0 Å². The Balaban J connectivity index is 1.62. The number of carbonyl (C=O) groups is 2. The van der Waals surface area contributed by atoms with Gasteiger partial charge in [0, 0.05) is 5.69 Å². The molecular weight excluding hydrogens is 439 g/mol. The number of anilines is 3. The van der Waals surface area contributed by atoms with E-state index in [1.54, 1.807) is 0 Å². The first-order chi connectivity index (χ1) is 14.6. The number of furan rings is 1. The molecule has 2 heterocycles. The summed E-state index contributed by atoms with van der Waals surface area (Å²) in [6.45, 7) is 0. The van der Waals surface area contributed by atoms with Crippen LogP contribution in [-0.4, -0.2) is 27.5 Å². The monoisotopic (exact) mass is 453 g/mol. The van der Waals surface area contributed by atoms with Crippen molar-refractivity contribution in [2.24, 2.45) is 0 Å². The highest BCUT2D eigenvalue weighted by Gasteiger charge is 2.30. The van der Waals surface area contributed by atoms with E-state index >= 15 is 0 Å². The van der Waals surface area contributed by atoms with Crippen LogP contribution >= 0.6 is 11.8 Å². The molecule has 0 aliphatic carbocycles. The minimum Gasteiger partial charge on any atom is -0.459 e. The first kappa shape index (κ1) is 22.0. The zero-order valence-corrected chi connectivity index (χ0v) is 16.3. The molecule has 31 heavy (non-hydrogen) atoms. The molecule has 5 N–H and O–H groups in total. The van der Waals surface area contributed by atoms with E-state index in [0.717, 1.165) is 23.9 Å². The van der Waals surface area contributed by atoms with Gasteiger partial charge in [-0.3, -0.25) is 19.4 Å². The molecule has 1 aromatic carbocycles. The van der Waals surface area contributed by atoms with Gasteiger partial charge in [0.05, 0.1) is 17.6 Å². The highest BCUT2D eigenvalue weighted by molar-refractivity contribution is 7.99. The van der Waals surface area contributed by atoms with E-state index in [2.05, 4.69) is 20.6 Å². The zero-order chi connectivity index (χ0) is 22.6. The molecule has 0 unspecified atom stereocenters. The fourth-order valence-corrected chi connectivity index (χ4v) is 3.01. The Morgan fingerprint density at radius 1 is 1.19 bits per heavy atom. The molecule has 2 amide bonds. The van der Waals surface area contributed by atoms with Gasteiger partial charge in [-0.2, -0.15) is 13.2 Å². The van der Waals surface area contributed by atoms with Gasteiger partial charge in [-0.15, -0.1) is 0 Å². The number of hydrogen-bond acceptors (Lipinski definition) is 7. The van der Waals surface area contributed by atoms with Crippen LogP contribution in [0.1, 0.15) is 16.1 Å². The van der Waals surface area contributed by atoms with Crippen molar-refractivity contribution in [3.8, 4) is 0 Å². The maximum atomic E-state index is 12.7. The summed E-state index contributed by atoms with van der Waals surface area (Å²) in [6.07, 6.45) is -3.25. The maximum Gasteiger partial charge on any atom is 0.416 e. The summed E-state index contributed by atoms with van der Waals surface area (Å²) in [5, 5.41) is 4.59. The number of carbonyl (C=O) groups excluding carboxylic acids is 2. The Morgan fingerprint density at radius 3 is 2.61 bits per heavy atom. The number of nitrogens with zero attached hydrogens (tertiary/aromatic N) is 1. The number of rotatable bonds is 6. The second kappa shape index (κ2) is 8.95. The number of aromatic nitrogens is 2. The van der Waals surface area contributed by atoms with Gasteiger partial charge in [0.1, 0.15) is 0 Å². The van der Waals surface area contributed by atoms with Gasteiger partial charge in [-0.05, 0) is 30.3 Å². The van der Waals surface area contributed by atoms with Crippen LogP contribution < -0.4 is 21.9 Å². The molecule has 0 spiro atoms. The van der Waals surface area contributed by atoms with Crippen molar-refractivity contribution in [3.05, 3.63) is 64.3 Å². The number of nitrogens with one attached hydrogen (secondary N) is 3. The number of hydrogen-bond donors (Lipinski definition) is 4. The quantitative estimate of drug-likeness (QED) is 0.332. The third-order valence-corrected chi connectivity index (χ3v) is 4.60. The van der Waals surface area contributed by atoms with E-state index < -0.39 is 29.1 Å². The average molecular weight is 453 g/mol. The minimum atomic E-state index is -4.54. The van der Waals surface area contributed by atoms with Crippen LogP contribution in [-0.2, 0) is 11.0 Å². The number of nitrogen functional groups attached to an aromatic ring is 1. The Hall–Kier alpha value is -3.74. The lowest BCUT2D eigenvalue weighted by molar-refractivity contribution is -0.137. The van der Waals surface area contributed by atoms with E-state index in [1.165, 1.54) is 30.5 Å². The number of halogens is 3. The van der Waals surface area contributed by atoms with Crippen molar-refractivity contribution in [1.29, 1.82) is 0 Å². The van der Waals surface area contributed by atoms with Crippen LogP contribution in [0.15, 0.2) is 57.0 Å². The Morgan fingerprint density at radius 2 is 1.97 bits per heavy atom. The number of alkyl halides is 3. The third kappa shape index (κ3) is 5.66. The van der Waals surface area contributed by atoms with Gasteiger partial charge < -0.3 is 20.8 Å². The van der Waals surface area contributed by atoms with Crippen LogP contribution in [0.5, 0.6) is 0 Å². The molecule has 13 heteroatoms. The normalized spacial score (nSPS) is 11.2. The van der Waals surface area contributed by atoms with E-state index in [4.69, 9.17) is 10.2 Å². The molecule has 2 aromatic heterocycles. The molecule has 0 radical (unpaired) electrons. The lowest BCUT2D eigenvalue weighted by Gasteiger charge is -2.10. The van der Waals surface area contributed by atoms with Gasteiger partial charge >= 0.3 is 6.18 Å². The van der Waals surface area contributed by atoms with Crippen LogP contribution in [0, 0.1) is 0 Å². The lowest BCUT2D eigenvalue weighted by Crippen LogP contribution is -2.23. The van der Waals surface area contributed by atoms with Crippen molar-refractivity contribution in [3.63, 3.8) is 0 Å². The molecule has 0 bridgehead atoms. The SMILES string of the molecule is Nc1nc(SCC(=O)Nc2cccc(C(F)(F)F)c2)[nH]c(=O)c1NC(=O)c1ccco1. The summed E-state index contributed by atoms with van der Waals surface area (Å²) < 4.78 is 43.1. The molecule has 0 fully saturated rings. The zero-order valence-electron chi connectivity index (χ0n) is 15.4. The van der Waals surface area contributed by atoms with Crippen molar-refractivity contribution in [2.75, 3.05) is 22.1 Å². The highest BCUT2D eigenvalue weighted by atomic mass is 32.2. The number of nitrogens with two attached hydrogens (primary N) is 1. The van der Waals surface area contributed by atoms with Crippen molar-refractivity contribution in [2.45, 2.75) is 11.3 Å². The molecule has 0 saturated heterocycles. The molecule has 3 rings (SSSR count). The molecule has 0 atom stereocenters. The summed E-state index contributed by atoms with van der Waals surface area (Å²) >= 11 is 0.799. The second-order valence-electron chi connectivity index (χ2n) is 5.98. The standard InChI is InChI=1S/C18H14F3N5O4S/c19-18(20,21)9-3-1-4-10(7-9)23-12(27)8-31-17-25-14(22)13(16(29)26-17)24-15(28)11-5-2-6-30-11/h1-7H,8H2,(H,23,27)(H,24,28)(H3,22,25,26,29). The van der Waals surface area contributed by atoms with Gasteiger partial charge in [-0.25, -0.2) is 4.98 Å². The molecule has 0 aliphatic heterocycles. The largest absolute Gasteiger partial charge is 0.459 e. The topological polar surface area (TPSA) is 143 Å². The number of aromatic amines is 1. The Labute approximate surface area is 176 Å². The summed E-state index contributed by atoms with van der Waals surface area (Å²) in [7, 11) is 0. The molecular formula is C18H14F3N5O4S. The number of thioether (sulfide) groups is 1. The van der Waals surface area contributed by atoms with Gasteiger partial charge in [0.15, 0.2) is 22.4 Å². The maximum absolute atomic E-state index is 12.7. The molecule has 0 saturated carbocycles. The number of H-pyrrole nitrogens is 1. The molecule has 0 aliphatic rings. The molecule has 162 valence electrons. The molecule has 9 nitrogen and oxygen atoms in total. The summed E-state index contributed by atoms with van der Waals surface area (Å²) in [4.78, 5) is 42.5. The first-order valence-corrected chi connectivity index (χ1v) is 9.46. The first-order valence-electron chi connectivity index (χ1n) is 8.48. The lowest BCUT2D eigenvalue weighted by atomic mass is 10.2. The highest BCUT2D eigenvalue weighted by Crippen LogP contribution is 2.30. The minimum absolute atomic E-state index is 0.0160. The van der Waals surface area contributed by atoms with Gasteiger partial charge in [0.2, 0.25) is 5.91 Å².